The quantitative estimate of drug-likeness (QED) is 0.807. The van der Waals surface area contributed by atoms with Crippen molar-refractivity contribution in [3.05, 3.63) is 64.6 Å². The summed E-state index contributed by atoms with van der Waals surface area (Å²) in [6.45, 7) is 0. The van der Waals surface area contributed by atoms with Crippen LogP contribution in [0, 0.1) is 5.82 Å². The summed E-state index contributed by atoms with van der Waals surface area (Å²) in [6, 6.07) is 7.35. The first-order chi connectivity index (χ1) is 9.56. The molecule has 0 unspecified atom stereocenters. The first-order valence-corrected chi connectivity index (χ1v) is 6.17. The molecule has 0 fully saturated rings. The highest BCUT2D eigenvalue weighted by Gasteiger charge is 2.21. The SMILES string of the molecule is O=C1C=CC(=O)c2nc(-c3ccc(Cl)c(F)c3)ccc21. The molecule has 2 aromatic rings. The van der Waals surface area contributed by atoms with E-state index in [4.69, 9.17) is 11.6 Å². The number of aromatic nitrogens is 1. The van der Waals surface area contributed by atoms with E-state index in [0.29, 0.717) is 11.3 Å². The normalized spacial score (nSPS) is 13.5. The molecule has 0 bridgehead atoms. The van der Waals surface area contributed by atoms with Gasteiger partial charge in [0.2, 0.25) is 5.78 Å². The average molecular weight is 288 g/mol. The molecule has 0 aliphatic heterocycles. The Morgan fingerprint density at radius 1 is 1.00 bits per heavy atom. The number of hydrogen-bond donors (Lipinski definition) is 0. The third-order valence-electron chi connectivity index (χ3n) is 3.00. The minimum atomic E-state index is -0.564. The summed E-state index contributed by atoms with van der Waals surface area (Å²) in [7, 11) is 0. The zero-order valence-corrected chi connectivity index (χ0v) is 10.8. The Bertz CT molecular complexity index is 783. The molecule has 3 rings (SSSR count). The van der Waals surface area contributed by atoms with Crippen LogP contribution in [0.4, 0.5) is 4.39 Å². The van der Waals surface area contributed by atoms with E-state index in [9.17, 15) is 14.0 Å². The molecule has 0 spiro atoms. The monoisotopic (exact) mass is 287 g/mol. The van der Waals surface area contributed by atoms with Gasteiger partial charge in [-0.3, -0.25) is 9.59 Å². The number of carbonyl (C=O) groups excluding carboxylic acids is 2. The highest BCUT2D eigenvalue weighted by atomic mass is 35.5. The van der Waals surface area contributed by atoms with Crippen LogP contribution >= 0.6 is 11.6 Å². The van der Waals surface area contributed by atoms with Gasteiger partial charge in [0.05, 0.1) is 16.3 Å². The van der Waals surface area contributed by atoms with Gasteiger partial charge in [0.15, 0.2) is 5.78 Å². The van der Waals surface area contributed by atoms with Gasteiger partial charge in [-0.2, -0.15) is 0 Å². The standard InChI is InChI=1S/C15H7ClFNO2/c16-10-3-1-8(7-11(10)17)12-4-2-9-13(19)5-6-14(20)15(9)18-12/h1-7H. The minimum Gasteiger partial charge on any atom is -0.289 e. The van der Waals surface area contributed by atoms with E-state index in [1.54, 1.807) is 12.1 Å². The number of benzene rings is 1. The molecule has 1 aromatic heterocycles. The summed E-state index contributed by atoms with van der Waals surface area (Å²) < 4.78 is 13.5. The number of hydrogen-bond acceptors (Lipinski definition) is 3. The van der Waals surface area contributed by atoms with E-state index >= 15 is 0 Å². The van der Waals surface area contributed by atoms with Crippen LogP contribution in [0.3, 0.4) is 0 Å². The van der Waals surface area contributed by atoms with Crippen molar-refractivity contribution in [2.24, 2.45) is 0 Å². The number of ketones is 2. The summed E-state index contributed by atoms with van der Waals surface area (Å²) in [4.78, 5) is 27.5. The van der Waals surface area contributed by atoms with Crippen molar-refractivity contribution in [2.75, 3.05) is 0 Å². The number of pyridine rings is 1. The van der Waals surface area contributed by atoms with Crippen LogP contribution in [0.25, 0.3) is 11.3 Å². The Hall–Kier alpha value is -2.33. The van der Waals surface area contributed by atoms with Crippen LogP contribution in [0.2, 0.25) is 5.02 Å². The third-order valence-corrected chi connectivity index (χ3v) is 3.30. The molecule has 0 radical (unpaired) electrons. The molecular weight excluding hydrogens is 281 g/mol. The molecule has 1 aliphatic carbocycles. The molecule has 5 heteroatoms. The molecule has 98 valence electrons. The van der Waals surface area contributed by atoms with Crippen LogP contribution < -0.4 is 0 Å². The lowest BCUT2D eigenvalue weighted by Gasteiger charge is -2.10. The van der Waals surface area contributed by atoms with E-state index in [2.05, 4.69) is 4.98 Å². The highest BCUT2D eigenvalue weighted by molar-refractivity contribution is 6.30. The van der Waals surface area contributed by atoms with Gasteiger partial charge in [0.25, 0.3) is 0 Å². The number of fused-ring (bicyclic) bond motifs is 1. The van der Waals surface area contributed by atoms with Crippen LogP contribution in [0.5, 0.6) is 0 Å². The Balaban J connectivity index is 2.13. The fourth-order valence-corrected chi connectivity index (χ4v) is 2.10. The maximum Gasteiger partial charge on any atom is 0.205 e. The smallest absolute Gasteiger partial charge is 0.205 e. The molecule has 1 heterocycles. The predicted molar refractivity (Wildman–Crippen MR) is 72.4 cm³/mol. The maximum atomic E-state index is 13.5. The lowest BCUT2D eigenvalue weighted by molar-refractivity contribution is 0.0990. The summed E-state index contributed by atoms with van der Waals surface area (Å²) >= 11 is 5.62. The summed E-state index contributed by atoms with van der Waals surface area (Å²) in [5, 5.41) is 0.0147. The van der Waals surface area contributed by atoms with Gasteiger partial charge in [-0.25, -0.2) is 9.37 Å². The number of allylic oxidation sites excluding steroid dienone is 2. The van der Waals surface area contributed by atoms with Crippen molar-refractivity contribution in [2.45, 2.75) is 0 Å². The molecule has 0 N–H and O–H groups in total. The average Bonchev–Trinajstić information content (AvgIpc) is 2.46. The Morgan fingerprint density at radius 2 is 1.75 bits per heavy atom. The van der Waals surface area contributed by atoms with Crippen molar-refractivity contribution in [3.63, 3.8) is 0 Å². The van der Waals surface area contributed by atoms with Crippen LogP contribution in [0.1, 0.15) is 20.8 Å². The van der Waals surface area contributed by atoms with E-state index in [1.165, 1.54) is 30.4 Å². The van der Waals surface area contributed by atoms with Crippen molar-refractivity contribution in [3.8, 4) is 11.3 Å². The molecule has 1 aliphatic rings. The van der Waals surface area contributed by atoms with Gasteiger partial charge in [0.1, 0.15) is 11.5 Å². The molecule has 0 saturated carbocycles. The fourth-order valence-electron chi connectivity index (χ4n) is 1.98. The van der Waals surface area contributed by atoms with Crippen molar-refractivity contribution in [1.82, 2.24) is 4.98 Å². The molecule has 0 atom stereocenters. The second-order valence-electron chi connectivity index (χ2n) is 4.28. The van der Waals surface area contributed by atoms with Gasteiger partial charge >= 0.3 is 0 Å². The number of rotatable bonds is 1. The van der Waals surface area contributed by atoms with Gasteiger partial charge < -0.3 is 0 Å². The molecule has 0 saturated heterocycles. The van der Waals surface area contributed by atoms with Crippen LogP contribution in [-0.4, -0.2) is 16.6 Å². The number of carbonyl (C=O) groups is 2. The minimum absolute atomic E-state index is 0.0147. The Kier molecular flexibility index (Phi) is 2.95. The zero-order chi connectivity index (χ0) is 14.3. The van der Waals surface area contributed by atoms with E-state index < -0.39 is 5.82 Å². The van der Waals surface area contributed by atoms with Gasteiger partial charge in [0, 0.05) is 5.56 Å². The molecule has 3 nitrogen and oxygen atoms in total. The fraction of sp³-hybridized carbons (Fsp3) is 0. The maximum absolute atomic E-state index is 13.5. The topological polar surface area (TPSA) is 47.0 Å². The Labute approximate surface area is 118 Å². The lowest BCUT2D eigenvalue weighted by Crippen LogP contribution is -2.13. The third kappa shape index (κ3) is 2.04. The second-order valence-corrected chi connectivity index (χ2v) is 4.69. The molecule has 1 aromatic carbocycles. The van der Waals surface area contributed by atoms with E-state index in [-0.39, 0.29) is 27.8 Å². The number of halogens is 2. The lowest BCUT2D eigenvalue weighted by atomic mass is 9.98. The second kappa shape index (κ2) is 4.65. The first kappa shape index (κ1) is 12.7. The van der Waals surface area contributed by atoms with Gasteiger partial charge in [-0.05, 0) is 36.4 Å². The Morgan fingerprint density at radius 3 is 2.50 bits per heavy atom. The first-order valence-electron chi connectivity index (χ1n) is 5.79. The van der Waals surface area contributed by atoms with Crippen molar-refractivity contribution in [1.29, 1.82) is 0 Å². The van der Waals surface area contributed by atoms with Crippen molar-refractivity contribution >= 4 is 23.2 Å². The zero-order valence-electron chi connectivity index (χ0n) is 10.1. The van der Waals surface area contributed by atoms with Crippen molar-refractivity contribution < 1.29 is 14.0 Å². The van der Waals surface area contributed by atoms with Gasteiger partial charge in [-0.15, -0.1) is 0 Å². The van der Waals surface area contributed by atoms with Crippen LogP contribution in [-0.2, 0) is 0 Å². The van der Waals surface area contributed by atoms with Gasteiger partial charge in [-0.1, -0.05) is 17.7 Å². The summed E-state index contributed by atoms with van der Waals surface area (Å²) in [5.74, 6) is -1.16. The van der Waals surface area contributed by atoms with Crippen LogP contribution in [0.15, 0.2) is 42.5 Å². The van der Waals surface area contributed by atoms with E-state index in [0.717, 1.165) is 0 Å². The molecule has 0 amide bonds. The highest BCUT2D eigenvalue weighted by Crippen LogP contribution is 2.25. The predicted octanol–water partition coefficient (Wildman–Crippen LogP) is 3.48. The summed E-state index contributed by atoms with van der Waals surface area (Å²) in [5.41, 5.74) is 1.25. The largest absolute Gasteiger partial charge is 0.289 e. The summed E-state index contributed by atoms with van der Waals surface area (Å²) in [6.07, 6.45) is 2.40. The number of nitrogens with zero attached hydrogens (tertiary/aromatic N) is 1. The molecular formula is C15H7ClFNO2. The van der Waals surface area contributed by atoms with E-state index in [1.807, 2.05) is 0 Å². The molecule has 20 heavy (non-hydrogen) atoms.